The van der Waals surface area contributed by atoms with Crippen molar-refractivity contribution in [2.45, 2.75) is 26.6 Å². The van der Waals surface area contributed by atoms with E-state index in [1.54, 1.807) is 17.5 Å². The van der Waals surface area contributed by atoms with Gasteiger partial charge in [0.15, 0.2) is 0 Å². The van der Waals surface area contributed by atoms with Gasteiger partial charge in [0.1, 0.15) is 28.8 Å². The van der Waals surface area contributed by atoms with Gasteiger partial charge in [-0.3, -0.25) is 4.79 Å². The van der Waals surface area contributed by atoms with Crippen LogP contribution in [0.4, 0.5) is 8.78 Å². The van der Waals surface area contributed by atoms with E-state index in [0.29, 0.717) is 30.3 Å². The van der Waals surface area contributed by atoms with Crippen LogP contribution in [0.15, 0.2) is 53.9 Å². The Hall–Kier alpha value is -3.00. The molecule has 29 heavy (non-hydrogen) atoms. The maximum atomic E-state index is 12.2. The summed E-state index contributed by atoms with van der Waals surface area (Å²) in [5.41, 5.74) is 2.40. The predicted molar refractivity (Wildman–Crippen MR) is 107 cm³/mol. The molecule has 3 aromatic rings. The zero-order valence-corrected chi connectivity index (χ0v) is 16.5. The SMILES string of the molecule is Cc1ccc(OCc2nc(C(=O)NCCc3ccc(OC(F)F)cc3)cs2)cc1. The third-order valence-corrected chi connectivity index (χ3v) is 4.84. The minimum atomic E-state index is -2.84. The van der Waals surface area contributed by atoms with Crippen LogP contribution in [0.5, 0.6) is 11.5 Å². The summed E-state index contributed by atoms with van der Waals surface area (Å²) in [4.78, 5) is 16.5. The van der Waals surface area contributed by atoms with Crippen molar-refractivity contribution in [2.75, 3.05) is 6.54 Å². The molecule has 0 aliphatic carbocycles. The monoisotopic (exact) mass is 418 g/mol. The lowest BCUT2D eigenvalue weighted by atomic mass is 10.1. The second kappa shape index (κ2) is 9.97. The number of nitrogens with one attached hydrogen (secondary N) is 1. The van der Waals surface area contributed by atoms with Crippen molar-refractivity contribution >= 4 is 17.2 Å². The van der Waals surface area contributed by atoms with E-state index in [0.717, 1.165) is 16.9 Å². The molecule has 0 saturated heterocycles. The first-order valence-corrected chi connectivity index (χ1v) is 9.83. The summed E-state index contributed by atoms with van der Waals surface area (Å²) in [6, 6.07) is 14.0. The van der Waals surface area contributed by atoms with Gasteiger partial charge in [-0.1, -0.05) is 29.8 Å². The summed E-state index contributed by atoms with van der Waals surface area (Å²) in [7, 11) is 0. The van der Waals surface area contributed by atoms with Crippen LogP contribution in [0, 0.1) is 6.92 Å². The van der Waals surface area contributed by atoms with E-state index in [1.807, 2.05) is 31.2 Å². The topological polar surface area (TPSA) is 60.5 Å². The van der Waals surface area contributed by atoms with Crippen molar-refractivity contribution in [2.24, 2.45) is 0 Å². The van der Waals surface area contributed by atoms with Gasteiger partial charge in [-0.05, 0) is 43.2 Å². The molecule has 0 fully saturated rings. The number of hydrogen-bond donors (Lipinski definition) is 1. The lowest BCUT2D eigenvalue weighted by molar-refractivity contribution is -0.0498. The number of thiazole rings is 1. The quantitative estimate of drug-likeness (QED) is 0.552. The van der Waals surface area contributed by atoms with E-state index in [9.17, 15) is 13.6 Å². The van der Waals surface area contributed by atoms with Crippen molar-refractivity contribution in [3.8, 4) is 11.5 Å². The standard InChI is InChI=1S/C21H20F2N2O3S/c1-14-2-6-16(7-3-14)27-12-19-25-18(13-29-19)20(26)24-11-10-15-4-8-17(9-5-15)28-21(22)23/h2-9,13,21H,10-12H2,1H3,(H,24,26). The number of nitrogens with zero attached hydrogens (tertiary/aromatic N) is 1. The Labute approximate surface area is 171 Å². The normalized spacial score (nSPS) is 10.8. The average molecular weight is 418 g/mol. The van der Waals surface area contributed by atoms with Gasteiger partial charge in [0.05, 0.1) is 0 Å². The molecule has 5 nitrogen and oxygen atoms in total. The summed E-state index contributed by atoms with van der Waals surface area (Å²) in [6.07, 6.45) is 0.564. The molecule has 0 bridgehead atoms. The number of rotatable bonds is 9. The first-order valence-electron chi connectivity index (χ1n) is 8.95. The molecule has 3 rings (SSSR count). The molecule has 0 saturated carbocycles. The number of amides is 1. The predicted octanol–water partition coefficient (Wildman–Crippen LogP) is 4.60. The lowest BCUT2D eigenvalue weighted by Gasteiger charge is -2.06. The highest BCUT2D eigenvalue weighted by atomic mass is 32.1. The number of carbonyl (C=O) groups excluding carboxylic acids is 1. The Bertz CT molecular complexity index is 928. The molecule has 8 heteroatoms. The van der Waals surface area contributed by atoms with Gasteiger partial charge in [0.25, 0.3) is 5.91 Å². The Morgan fingerprint density at radius 3 is 2.48 bits per heavy atom. The molecular weight excluding hydrogens is 398 g/mol. The largest absolute Gasteiger partial charge is 0.486 e. The second-order valence-electron chi connectivity index (χ2n) is 6.26. The van der Waals surface area contributed by atoms with Crippen LogP contribution < -0.4 is 14.8 Å². The van der Waals surface area contributed by atoms with Gasteiger partial charge >= 0.3 is 6.61 Å². The number of aromatic nitrogens is 1. The lowest BCUT2D eigenvalue weighted by Crippen LogP contribution is -2.26. The highest BCUT2D eigenvalue weighted by molar-refractivity contribution is 7.09. The maximum absolute atomic E-state index is 12.2. The van der Waals surface area contributed by atoms with Crippen LogP contribution >= 0.6 is 11.3 Å². The minimum Gasteiger partial charge on any atom is -0.486 e. The van der Waals surface area contributed by atoms with Crippen LogP contribution in [0.2, 0.25) is 0 Å². The van der Waals surface area contributed by atoms with Crippen molar-refractivity contribution in [1.29, 1.82) is 0 Å². The van der Waals surface area contributed by atoms with Crippen LogP contribution in [-0.2, 0) is 13.0 Å². The number of carbonyl (C=O) groups is 1. The zero-order chi connectivity index (χ0) is 20.6. The van der Waals surface area contributed by atoms with Crippen LogP contribution in [0.1, 0.15) is 26.6 Å². The number of hydrogen-bond acceptors (Lipinski definition) is 5. The highest BCUT2D eigenvalue weighted by Gasteiger charge is 2.11. The van der Waals surface area contributed by atoms with Crippen molar-refractivity contribution in [1.82, 2.24) is 10.3 Å². The fourth-order valence-corrected chi connectivity index (χ4v) is 3.19. The summed E-state index contributed by atoms with van der Waals surface area (Å²) in [6.45, 7) is -0.133. The van der Waals surface area contributed by atoms with Gasteiger partial charge in [-0.25, -0.2) is 4.98 Å². The average Bonchev–Trinajstić information content (AvgIpc) is 3.18. The fraction of sp³-hybridized carbons (Fsp3) is 0.238. The molecule has 0 atom stereocenters. The van der Waals surface area contributed by atoms with E-state index in [1.165, 1.54) is 23.5 Å². The number of alkyl halides is 2. The molecule has 1 amide bonds. The van der Waals surface area contributed by atoms with Crippen molar-refractivity contribution < 1.29 is 23.0 Å². The van der Waals surface area contributed by atoms with Gasteiger partial charge in [-0.2, -0.15) is 8.78 Å². The van der Waals surface area contributed by atoms with Crippen LogP contribution in [0.25, 0.3) is 0 Å². The number of ether oxygens (including phenoxy) is 2. The highest BCUT2D eigenvalue weighted by Crippen LogP contribution is 2.17. The molecule has 1 heterocycles. The molecule has 0 aliphatic rings. The Balaban J connectivity index is 1.43. The molecule has 0 spiro atoms. The Morgan fingerprint density at radius 2 is 1.79 bits per heavy atom. The van der Waals surface area contributed by atoms with Crippen LogP contribution in [-0.4, -0.2) is 24.0 Å². The van der Waals surface area contributed by atoms with E-state index < -0.39 is 6.61 Å². The Kier molecular flexibility index (Phi) is 7.13. The third kappa shape index (κ3) is 6.53. The van der Waals surface area contributed by atoms with E-state index >= 15 is 0 Å². The number of benzene rings is 2. The summed E-state index contributed by atoms with van der Waals surface area (Å²) in [5, 5.41) is 5.21. The van der Waals surface area contributed by atoms with Gasteiger partial charge in [0, 0.05) is 11.9 Å². The van der Waals surface area contributed by atoms with Gasteiger partial charge < -0.3 is 14.8 Å². The summed E-state index contributed by atoms with van der Waals surface area (Å²) < 4.78 is 34.3. The maximum Gasteiger partial charge on any atom is 0.387 e. The van der Waals surface area contributed by atoms with Crippen molar-refractivity contribution in [3.05, 3.63) is 75.7 Å². The summed E-state index contributed by atoms with van der Waals surface area (Å²) >= 11 is 1.36. The molecule has 152 valence electrons. The van der Waals surface area contributed by atoms with Gasteiger partial charge in [-0.15, -0.1) is 11.3 Å². The summed E-state index contributed by atoms with van der Waals surface area (Å²) in [5.74, 6) is 0.595. The molecule has 0 unspecified atom stereocenters. The van der Waals surface area contributed by atoms with E-state index in [-0.39, 0.29) is 11.7 Å². The Morgan fingerprint density at radius 1 is 1.10 bits per heavy atom. The van der Waals surface area contributed by atoms with Crippen molar-refractivity contribution in [3.63, 3.8) is 0 Å². The third-order valence-electron chi connectivity index (χ3n) is 4.02. The number of halogens is 2. The molecule has 0 radical (unpaired) electrons. The number of aryl methyl sites for hydroxylation is 1. The molecule has 1 N–H and O–H groups in total. The minimum absolute atomic E-state index is 0.107. The zero-order valence-electron chi connectivity index (χ0n) is 15.7. The smallest absolute Gasteiger partial charge is 0.387 e. The second-order valence-corrected chi connectivity index (χ2v) is 7.20. The first-order chi connectivity index (χ1) is 14.0. The molecule has 1 aromatic heterocycles. The van der Waals surface area contributed by atoms with E-state index in [2.05, 4.69) is 15.0 Å². The van der Waals surface area contributed by atoms with E-state index in [4.69, 9.17) is 4.74 Å². The molecule has 2 aromatic carbocycles. The molecule has 0 aliphatic heterocycles. The molecular formula is C21H20F2N2O3S. The first kappa shape index (κ1) is 20.7. The fourth-order valence-electron chi connectivity index (χ4n) is 2.51. The van der Waals surface area contributed by atoms with Crippen LogP contribution in [0.3, 0.4) is 0 Å². The van der Waals surface area contributed by atoms with Gasteiger partial charge in [0.2, 0.25) is 0 Å².